The van der Waals surface area contributed by atoms with Crippen LogP contribution in [0.25, 0.3) is 0 Å². The van der Waals surface area contributed by atoms with Crippen LogP contribution >= 0.6 is 0 Å². The van der Waals surface area contributed by atoms with Crippen LogP contribution in [0.15, 0.2) is 24.3 Å². The SMILES string of the molecule is CCCC1(C(=O)OCC)OC1(C)c1ccc(N(C)C)cc1. The van der Waals surface area contributed by atoms with E-state index in [0.717, 1.165) is 17.7 Å². The van der Waals surface area contributed by atoms with Crippen LogP contribution in [0.1, 0.15) is 39.2 Å². The van der Waals surface area contributed by atoms with Crippen molar-refractivity contribution in [3.05, 3.63) is 29.8 Å². The fourth-order valence-electron chi connectivity index (χ4n) is 2.92. The zero-order valence-electron chi connectivity index (χ0n) is 13.6. The molecule has 4 heteroatoms. The molecule has 0 saturated carbocycles. The fraction of sp³-hybridized carbons (Fsp3) is 0.588. The molecule has 1 aliphatic rings. The highest BCUT2D eigenvalue weighted by atomic mass is 16.7. The maximum absolute atomic E-state index is 12.3. The van der Waals surface area contributed by atoms with Gasteiger partial charge < -0.3 is 14.4 Å². The molecule has 2 unspecified atom stereocenters. The highest BCUT2D eigenvalue weighted by molar-refractivity contribution is 5.85. The van der Waals surface area contributed by atoms with Crippen LogP contribution in [0.2, 0.25) is 0 Å². The monoisotopic (exact) mass is 291 g/mol. The lowest BCUT2D eigenvalue weighted by Gasteiger charge is -2.17. The van der Waals surface area contributed by atoms with Crippen LogP contribution in [-0.4, -0.2) is 32.3 Å². The second-order valence-electron chi connectivity index (χ2n) is 5.87. The van der Waals surface area contributed by atoms with Crippen LogP contribution in [0.5, 0.6) is 0 Å². The van der Waals surface area contributed by atoms with E-state index in [0.29, 0.717) is 13.0 Å². The average molecular weight is 291 g/mol. The predicted octanol–water partition coefficient (Wildman–Crippen LogP) is 3.10. The molecule has 1 aliphatic heterocycles. The summed E-state index contributed by atoms with van der Waals surface area (Å²) in [6, 6.07) is 8.16. The van der Waals surface area contributed by atoms with Gasteiger partial charge in [-0.15, -0.1) is 0 Å². The second-order valence-corrected chi connectivity index (χ2v) is 5.87. The normalized spacial score (nSPS) is 27.3. The van der Waals surface area contributed by atoms with E-state index >= 15 is 0 Å². The van der Waals surface area contributed by atoms with Gasteiger partial charge in [-0.1, -0.05) is 25.5 Å². The van der Waals surface area contributed by atoms with Crippen molar-refractivity contribution in [2.45, 2.75) is 44.8 Å². The van der Waals surface area contributed by atoms with Crippen LogP contribution in [0.4, 0.5) is 5.69 Å². The molecule has 0 spiro atoms. The quantitative estimate of drug-likeness (QED) is 0.596. The van der Waals surface area contributed by atoms with E-state index in [1.165, 1.54) is 0 Å². The smallest absolute Gasteiger partial charge is 0.341 e. The lowest BCUT2D eigenvalue weighted by atomic mass is 9.84. The van der Waals surface area contributed by atoms with E-state index in [4.69, 9.17) is 9.47 Å². The molecule has 0 amide bonds. The number of esters is 1. The van der Waals surface area contributed by atoms with Crippen molar-refractivity contribution in [3.8, 4) is 0 Å². The van der Waals surface area contributed by atoms with Crippen molar-refractivity contribution in [2.75, 3.05) is 25.6 Å². The molecule has 116 valence electrons. The predicted molar refractivity (Wildman–Crippen MR) is 83.5 cm³/mol. The summed E-state index contributed by atoms with van der Waals surface area (Å²) in [6.45, 7) is 6.23. The Bertz CT molecular complexity index is 511. The molecule has 4 nitrogen and oxygen atoms in total. The van der Waals surface area contributed by atoms with Gasteiger partial charge in [0.1, 0.15) is 5.60 Å². The van der Waals surface area contributed by atoms with Crippen molar-refractivity contribution >= 4 is 11.7 Å². The molecule has 0 N–H and O–H groups in total. The lowest BCUT2D eigenvalue weighted by Crippen LogP contribution is -2.33. The van der Waals surface area contributed by atoms with Crippen LogP contribution in [0.3, 0.4) is 0 Å². The number of carbonyl (C=O) groups is 1. The summed E-state index contributed by atoms with van der Waals surface area (Å²) in [4.78, 5) is 14.4. The van der Waals surface area contributed by atoms with Gasteiger partial charge >= 0.3 is 5.97 Å². The van der Waals surface area contributed by atoms with Crippen molar-refractivity contribution < 1.29 is 14.3 Å². The van der Waals surface area contributed by atoms with Crippen LogP contribution in [0, 0.1) is 0 Å². The molecule has 1 saturated heterocycles. The second kappa shape index (κ2) is 5.68. The van der Waals surface area contributed by atoms with E-state index in [1.807, 2.05) is 57.1 Å². The third-order valence-electron chi connectivity index (χ3n) is 4.25. The summed E-state index contributed by atoms with van der Waals surface area (Å²) in [7, 11) is 4.01. The highest BCUT2D eigenvalue weighted by Gasteiger charge is 2.73. The van der Waals surface area contributed by atoms with Crippen molar-refractivity contribution in [1.82, 2.24) is 0 Å². The Morgan fingerprint density at radius 3 is 2.33 bits per heavy atom. The topological polar surface area (TPSA) is 42.1 Å². The number of benzene rings is 1. The number of anilines is 1. The first-order valence-corrected chi connectivity index (χ1v) is 7.56. The van der Waals surface area contributed by atoms with Gasteiger partial charge in [0.2, 0.25) is 0 Å². The summed E-state index contributed by atoms with van der Waals surface area (Å²) >= 11 is 0. The van der Waals surface area contributed by atoms with Crippen molar-refractivity contribution in [3.63, 3.8) is 0 Å². The molecule has 0 radical (unpaired) electrons. The Morgan fingerprint density at radius 2 is 1.86 bits per heavy atom. The van der Waals surface area contributed by atoms with E-state index < -0.39 is 11.2 Å². The van der Waals surface area contributed by atoms with Gasteiger partial charge in [0.15, 0.2) is 5.60 Å². The maximum Gasteiger partial charge on any atom is 0.341 e. The number of hydrogen-bond acceptors (Lipinski definition) is 4. The minimum atomic E-state index is -0.822. The number of hydrogen-bond donors (Lipinski definition) is 0. The van der Waals surface area contributed by atoms with Gasteiger partial charge in [0, 0.05) is 19.8 Å². The summed E-state index contributed by atoms with van der Waals surface area (Å²) in [6.07, 6.45) is 1.56. The average Bonchev–Trinajstić information content (AvgIpc) is 3.07. The standard InChI is InChI=1S/C17H25NO3/c1-6-12-17(15(19)20-7-2)16(3,21-17)13-8-10-14(11-9-13)18(4)5/h8-11H,6-7,12H2,1-5H3. The van der Waals surface area contributed by atoms with Gasteiger partial charge in [-0.05, 0) is 38.0 Å². The van der Waals surface area contributed by atoms with Gasteiger partial charge in [-0.2, -0.15) is 0 Å². The zero-order valence-corrected chi connectivity index (χ0v) is 13.6. The fourth-order valence-corrected chi connectivity index (χ4v) is 2.92. The summed E-state index contributed by atoms with van der Waals surface area (Å²) in [5.74, 6) is -0.244. The van der Waals surface area contributed by atoms with Gasteiger partial charge in [-0.3, -0.25) is 0 Å². The molecule has 21 heavy (non-hydrogen) atoms. The molecular formula is C17H25NO3. The largest absolute Gasteiger partial charge is 0.464 e. The van der Waals surface area contributed by atoms with Gasteiger partial charge in [-0.25, -0.2) is 4.79 Å². The van der Waals surface area contributed by atoms with Gasteiger partial charge in [0.25, 0.3) is 0 Å². The molecule has 0 aliphatic carbocycles. The van der Waals surface area contributed by atoms with Gasteiger partial charge in [0.05, 0.1) is 6.61 Å². The Kier molecular flexibility index (Phi) is 4.28. The number of nitrogens with zero attached hydrogens (tertiary/aromatic N) is 1. The number of carbonyl (C=O) groups excluding carboxylic acids is 1. The minimum absolute atomic E-state index is 0.244. The molecule has 2 rings (SSSR count). The molecular weight excluding hydrogens is 266 g/mol. The Balaban J connectivity index is 2.28. The Hall–Kier alpha value is -1.55. The van der Waals surface area contributed by atoms with Crippen LogP contribution in [-0.2, 0) is 19.9 Å². The maximum atomic E-state index is 12.3. The molecule has 1 fully saturated rings. The first-order chi connectivity index (χ1) is 9.91. The summed E-state index contributed by atoms with van der Waals surface area (Å²) in [5, 5.41) is 0. The minimum Gasteiger partial charge on any atom is -0.464 e. The third kappa shape index (κ3) is 2.53. The van der Waals surface area contributed by atoms with Crippen molar-refractivity contribution in [2.24, 2.45) is 0 Å². The highest BCUT2D eigenvalue weighted by Crippen LogP contribution is 2.58. The first kappa shape index (κ1) is 15.8. The van der Waals surface area contributed by atoms with E-state index in [9.17, 15) is 4.79 Å². The number of epoxide rings is 1. The zero-order chi connectivity index (χ0) is 15.7. The summed E-state index contributed by atoms with van der Waals surface area (Å²) in [5.41, 5.74) is 0.743. The number of ether oxygens (including phenoxy) is 2. The molecule has 2 atom stereocenters. The molecule has 1 heterocycles. The first-order valence-electron chi connectivity index (χ1n) is 7.56. The lowest BCUT2D eigenvalue weighted by molar-refractivity contribution is -0.149. The van der Waals surface area contributed by atoms with Crippen LogP contribution < -0.4 is 4.90 Å². The number of rotatable bonds is 6. The summed E-state index contributed by atoms with van der Waals surface area (Å²) < 4.78 is 11.2. The molecule has 1 aromatic carbocycles. The Morgan fingerprint density at radius 1 is 1.24 bits per heavy atom. The molecule has 0 bridgehead atoms. The van der Waals surface area contributed by atoms with Crippen molar-refractivity contribution in [1.29, 1.82) is 0 Å². The van der Waals surface area contributed by atoms with E-state index in [1.54, 1.807) is 0 Å². The Labute approximate surface area is 127 Å². The van der Waals surface area contributed by atoms with E-state index in [2.05, 4.69) is 6.92 Å². The van der Waals surface area contributed by atoms with E-state index in [-0.39, 0.29) is 5.97 Å². The molecule has 0 aromatic heterocycles. The third-order valence-corrected chi connectivity index (χ3v) is 4.25. The molecule has 1 aromatic rings.